The summed E-state index contributed by atoms with van der Waals surface area (Å²) >= 11 is 7.28. The van der Waals surface area contributed by atoms with Crippen molar-refractivity contribution in [3.05, 3.63) is 63.5 Å². The van der Waals surface area contributed by atoms with Gasteiger partial charge in [-0.25, -0.2) is 4.79 Å². The maximum absolute atomic E-state index is 12.2. The van der Waals surface area contributed by atoms with Gasteiger partial charge in [0.15, 0.2) is 5.17 Å². The molecule has 0 spiro atoms. The zero-order chi connectivity index (χ0) is 18.7. The molecule has 2 aromatic rings. The quantitative estimate of drug-likeness (QED) is 0.489. The average Bonchev–Trinajstić information content (AvgIpc) is 2.94. The van der Waals surface area contributed by atoms with E-state index in [0.717, 1.165) is 11.8 Å². The van der Waals surface area contributed by atoms with Crippen LogP contribution in [0.15, 0.2) is 52.4 Å². The van der Waals surface area contributed by atoms with E-state index < -0.39 is 11.9 Å². The number of methoxy groups -OCH3 is 1. The number of halogens is 1. The minimum Gasteiger partial charge on any atom is -0.497 e. The number of amides is 1. The number of rotatable bonds is 4. The number of esters is 1. The molecule has 2 N–H and O–H groups in total. The molecule has 0 saturated heterocycles. The largest absolute Gasteiger partial charge is 0.497 e. The summed E-state index contributed by atoms with van der Waals surface area (Å²) < 4.78 is 10.4. The number of nitrogens with zero attached hydrogens (tertiary/aromatic N) is 1. The van der Waals surface area contributed by atoms with Gasteiger partial charge in [0, 0.05) is 0 Å². The Morgan fingerprint density at radius 3 is 2.54 bits per heavy atom. The minimum atomic E-state index is -0.539. The van der Waals surface area contributed by atoms with Gasteiger partial charge in [-0.3, -0.25) is 4.79 Å². The highest BCUT2D eigenvalue weighted by Gasteiger charge is 2.19. The number of amidine groups is 1. The van der Waals surface area contributed by atoms with Crippen LogP contribution in [-0.2, 0) is 4.79 Å². The molecule has 26 heavy (non-hydrogen) atoms. The van der Waals surface area contributed by atoms with E-state index in [1.54, 1.807) is 55.7 Å². The van der Waals surface area contributed by atoms with Gasteiger partial charge in [0.2, 0.25) is 0 Å². The van der Waals surface area contributed by atoms with Crippen LogP contribution < -0.4 is 15.2 Å². The molecular formula is C18H13ClN2O4S. The summed E-state index contributed by atoms with van der Waals surface area (Å²) in [7, 11) is 1.54. The lowest BCUT2D eigenvalue weighted by atomic mass is 10.2. The second kappa shape index (κ2) is 7.63. The lowest BCUT2D eigenvalue weighted by Crippen LogP contribution is -2.08. The van der Waals surface area contributed by atoms with Crippen molar-refractivity contribution in [2.45, 2.75) is 0 Å². The topological polar surface area (TPSA) is 91.0 Å². The maximum Gasteiger partial charge on any atom is 0.343 e. The molecule has 1 aliphatic heterocycles. The van der Waals surface area contributed by atoms with Crippen molar-refractivity contribution in [2.75, 3.05) is 7.11 Å². The molecule has 0 bridgehead atoms. The molecule has 0 aliphatic carbocycles. The van der Waals surface area contributed by atoms with Crippen LogP contribution >= 0.6 is 23.4 Å². The number of aliphatic imine (C=N–C) groups is 1. The first-order valence-corrected chi connectivity index (χ1v) is 8.59. The fraction of sp³-hybridized carbons (Fsp3) is 0.0556. The lowest BCUT2D eigenvalue weighted by Gasteiger charge is -2.08. The molecule has 0 saturated carbocycles. The lowest BCUT2D eigenvalue weighted by molar-refractivity contribution is -0.113. The smallest absolute Gasteiger partial charge is 0.343 e. The molecule has 6 nitrogen and oxygen atoms in total. The Kier molecular flexibility index (Phi) is 5.29. The Morgan fingerprint density at radius 2 is 1.96 bits per heavy atom. The average molecular weight is 389 g/mol. The number of hydrogen-bond acceptors (Lipinski definition) is 6. The van der Waals surface area contributed by atoms with Crippen molar-refractivity contribution in [1.29, 1.82) is 0 Å². The van der Waals surface area contributed by atoms with Crippen LogP contribution in [0.4, 0.5) is 0 Å². The highest BCUT2D eigenvalue weighted by Crippen LogP contribution is 2.30. The zero-order valence-electron chi connectivity index (χ0n) is 13.6. The van der Waals surface area contributed by atoms with Crippen molar-refractivity contribution >= 4 is 46.5 Å². The van der Waals surface area contributed by atoms with Crippen molar-refractivity contribution in [3.63, 3.8) is 0 Å². The molecule has 132 valence electrons. The number of ether oxygens (including phenoxy) is 2. The Balaban J connectivity index is 1.74. The third-order valence-corrected chi connectivity index (χ3v) is 4.53. The predicted molar refractivity (Wildman–Crippen MR) is 102 cm³/mol. The molecule has 8 heteroatoms. The van der Waals surface area contributed by atoms with Gasteiger partial charge in [0.25, 0.3) is 5.91 Å². The second-order valence-electron chi connectivity index (χ2n) is 5.17. The first-order chi connectivity index (χ1) is 12.5. The molecule has 1 heterocycles. The fourth-order valence-corrected chi connectivity index (χ4v) is 3.06. The molecule has 0 radical (unpaired) electrons. The van der Waals surface area contributed by atoms with Gasteiger partial charge < -0.3 is 15.2 Å². The summed E-state index contributed by atoms with van der Waals surface area (Å²) in [5.41, 5.74) is 6.55. The monoisotopic (exact) mass is 388 g/mol. The fourth-order valence-electron chi connectivity index (χ4n) is 2.15. The SMILES string of the molecule is COc1ccc(C(=O)Oc2ccc(/C=C3\SC(N)=NC3=O)cc2Cl)cc1. The second-order valence-corrected chi connectivity index (χ2v) is 6.64. The van der Waals surface area contributed by atoms with Crippen LogP contribution in [0.2, 0.25) is 5.02 Å². The van der Waals surface area contributed by atoms with Gasteiger partial charge in [0.05, 0.1) is 22.6 Å². The third kappa shape index (κ3) is 4.07. The van der Waals surface area contributed by atoms with Gasteiger partial charge >= 0.3 is 5.97 Å². The molecular weight excluding hydrogens is 376 g/mol. The van der Waals surface area contributed by atoms with Crippen LogP contribution in [0.5, 0.6) is 11.5 Å². The predicted octanol–water partition coefficient (Wildman–Crippen LogP) is 3.50. The van der Waals surface area contributed by atoms with Crippen LogP contribution in [0.1, 0.15) is 15.9 Å². The van der Waals surface area contributed by atoms with Crippen molar-refractivity contribution in [1.82, 2.24) is 0 Å². The summed E-state index contributed by atoms with van der Waals surface area (Å²) in [6.45, 7) is 0. The first kappa shape index (κ1) is 18.0. The standard InChI is InChI=1S/C18H13ClN2O4S/c1-24-12-5-3-11(4-6-12)17(23)25-14-7-2-10(8-13(14)19)9-15-16(22)21-18(20)26-15/h2-9H,1H3,(H2,20,21,22)/b15-9-. The number of hydrogen-bond donors (Lipinski definition) is 1. The molecule has 2 aromatic carbocycles. The molecule has 3 rings (SSSR count). The Morgan fingerprint density at radius 1 is 1.23 bits per heavy atom. The highest BCUT2D eigenvalue weighted by molar-refractivity contribution is 8.18. The van der Waals surface area contributed by atoms with E-state index in [1.807, 2.05) is 0 Å². The van der Waals surface area contributed by atoms with Crippen molar-refractivity contribution in [3.8, 4) is 11.5 Å². The van der Waals surface area contributed by atoms with Gasteiger partial charge in [-0.15, -0.1) is 0 Å². The van der Waals surface area contributed by atoms with Crippen molar-refractivity contribution in [2.24, 2.45) is 10.7 Å². The molecule has 0 unspecified atom stereocenters. The molecule has 0 atom stereocenters. The molecule has 1 amide bonds. The number of benzene rings is 2. The van der Waals surface area contributed by atoms with E-state index >= 15 is 0 Å². The van der Waals surface area contributed by atoms with Gasteiger partial charge in [-0.05, 0) is 59.8 Å². The zero-order valence-corrected chi connectivity index (χ0v) is 15.1. The van der Waals surface area contributed by atoms with Crippen molar-refractivity contribution < 1.29 is 19.1 Å². The van der Waals surface area contributed by atoms with Gasteiger partial charge in [-0.2, -0.15) is 4.99 Å². The summed E-state index contributed by atoms with van der Waals surface area (Å²) in [4.78, 5) is 27.9. The maximum atomic E-state index is 12.2. The Bertz CT molecular complexity index is 939. The molecule has 1 aliphatic rings. The molecule has 0 aromatic heterocycles. The van der Waals surface area contributed by atoms with E-state index in [2.05, 4.69) is 4.99 Å². The van der Waals surface area contributed by atoms with E-state index in [1.165, 1.54) is 0 Å². The summed E-state index contributed by atoms with van der Waals surface area (Å²) in [5.74, 6) is -0.0706. The minimum absolute atomic E-state index is 0.206. The third-order valence-electron chi connectivity index (χ3n) is 3.42. The Labute approximate surface area is 158 Å². The summed E-state index contributed by atoms with van der Waals surface area (Å²) in [5, 5.41) is 0.447. The first-order valence-electron chi connectivity index (χ1n) is 7.40. The number of carbonyl (C=O) groups excluding carboxylic acids is 2. The summed E-state index contributed by atoms with van der Waals surface area (Å²) in [6, 6.07) is 11.4. The number of thioether (sulfide) groups is 1. The van der Waals surface area contributed by atoms with E-state index in [-0.39, 0.29) is 15.9 Å². The van der Waals surface area contributed by atoms with Crippen LogP contribution in [-0.4, -0.2) is 24.2 Å². The Hall–Kier alpha value is -2.77. The van der Waals surface area contributed by atoms with Crippen LogP contribution in [0.3, 0.4) is 0 Å². The van der Waals surface area contributed by atoms with E-state index in [9.17, 15) is 9.59 Å². The number of carbonyl (C=O) groups is 2. The molecule has 0 fully saturated rings. The number of nitrogens with two attached hydrogens (primary N) is 1. The van der Waals surface area contributed by atoms with E-state index in [0.29, 0.717) is 21.8 Å². The van der Waals surface area contributed by atoms with Gasteiger partial charge in [-0.1, -0.05) is 17.7 Å². The van der Waals surface area contributed by atoms with Crippen LogP contribution in [0, 0.1) is 0 Å². The summed E-state index contributed by atoms with van der Waals surface area (Å²) in [6.07, 6.45) is 1.62. The van der Waals surface area contributed by atoms with Gasteiger partial charge in [0.1, 0.15) is 11.5 Å². The van der Waals surface area contributed by atoms with E-state index in [4.69, 9.17) is 26.8 Å². The van der Waals surface area contributed by atoms with Crippen LogP contribution in [0.25, 0.3) is 6.08 Å². The highest BCUT2D eigenvalue weighted by atomic mass is 35.5. The normalized spacial score (nSPS) is 15.1.